The van der Waals surface area contributed by atoms with Gasteiger partial charge in [-0.3, -0.25) is 4.79 Å². The maximum absolute atomic E-state index is 12.6. The smallest absolute Gasteiger partial charge is 0.238 e. The quantitative estimate of drug-likeness (QED) is 0.526. The molecule has 0 saturated heterocycles. The summed E-state index contributed by atoms with van der Waals surface area (Å²) < 4.78 is 28.4. The molecule has 148 valence electrons. The van der Waals surface area contributed by atoms with Crippen molar-refractivity contribution in [2.75, 3.05) is 0 Å². The fourth-order valence-corrected chi connectivity index (χ4v) is 4.02. The SMILES string of the molecule is C[C@@H](NC(=O)Cc1coc2ccc3ccccc3c12)c1ccc(S(N)(=O)=O)cc1. The number of rotatable bonds is 5. The minimum absolute atomic E-state index is 0.0384. The second-order valence-corrected chi connectivity index (χ2v) is 8.56. The van der Waals surface area contributed by atoms with Crippen LogP contribution >= 0.6 is 0 Å². The van der Waals surface area contributed by atoms with Gasteiger partial charge in [-0.2, -0.15) is 0 Å². The normalized spacial score (nSPS) is 12.9. The number of primary sulfonamides is 1. The van der Waals surface area contributed by atoms with E-state index in [0.717, 1.165) is 32.9 Å². The van der Waals surface area contributed by atoms with E-state index in [2.05, 4.69) is 5.32 Å². The standard InChI is InChI=1S/C22H20N2O4S/c1-14(15-6-9-18(10-7-15)29(23,26)27)24-21(25)12-17-13-28-20-11-8-16-4-2-3-5-19(16)22(17)20/h2-11,13-14H,12H2,1H3,(H,24,25)(H2,23,26,27)/t14-/m1/s1. The summed E-state index contributed by atoms with van der Waals surface area (Å²) in [4.78, 5) is 12.7. The van der Waals surface area contributed by atoms with Gasteiger partial charge in [0.15, 0.2) is 0 Å². The maximum Gasteiger partial charge on any atom is 0.238 e. The lowest BCUT2D eigenvalue weighted by atomic mass is 10.0. The molecule has 3 N–H and O–H groups in total. The molecule has 0 bridgehead atoms. The third kappa shape index (κ3) is 3.87. The number of hydrogen-bond acceptors (Lipinski definition) is 4. The van der Waals surface area contributed by atoms with Crippen LogP contribution in [0.15, 0.2) is 76.2 Å². The van der Waals surface area contributed by atoms with Crippen molar-refractivity contribution in [2.45, 2.75) is 24.3 Å². The van der Waals surface area contributed by atoms with Crippen molar-refractivity contribution in [3.63, 3.8) is 0 Å². The topological polar surface area (TPSA) is 102 Å². The number of fused-ring (bicyclic) bond motifs is 3. The van der Waals surface area contributed by atoms with Crippen LogP contribution in [0.5, 0.6) is 0 Å². The number of benzene rings is 3. The van der Waals surface area contributed by atoms with E-state index < -0.39 is 10.0 Å². The molecule has 0 saturated carbocycles. The second kappa shape index (κ2) is 7.35. The van der Waals surface area contributed by atoms with Crippen molar-refractivity contribution in [2.24, 2.45) is 5.14 Å². The van der Waals surface area contributed by atoms with Crippen molar-refractivity contribution >= 4 is 37.7 Å². The van der Waals surface area contributed by atoms with Gasteiger partial charge in [-0.1, -0.05) is 42.5 Å². The van der Waals surface area contributed by atoms with E-state index in [1.165, 1.54) is 12.1 Å². The zero-order valence-electron chi connectivity index (χ0n) is 15.8. The maximum atomic E-state index is 12.6. The number of sulfonamides is 1. The van der Waals surface area contributed by atoms with Gasteiger partial charge in [0, 0.05) is 10.9 Å². The number of furan rings is 1. The van der Waals surface area contributed by atoms with E-state index >= 15 is 0 Å². The van der Waals surface area contributed by atoms with Crippen molar-refractivity contribution < 1.29 is 17.6 Å². The predicted octanol–water partition coefficient (Wildman–Crippen LogP) is 3.65. The Hall–Kier alpha value is -3.16. The monoisotopic (exact) mass is 408 g/mol. The van der Waals surface area contributed by atoms with E-state index in [4.69, 9.17) is 9.56 Å². The molecule has 1 atom stereocenters. The average Bonchev–Trinajstić information content (AvgIpc) is 3.10. The highest BCUT2D eigenvalue weighted by Crippen LogP contribution is 2.30. The Bertz CT molecular complexity index is 1310. The first-order chi connectivity index (χ1) is 13.8. The van der Waals surface area contributed by atoms with Crippen LogP contribution in [0.1, 0.15) is 24.1 Å². The second-order valence-electron chi connectivity index (χ2n) is 7.00. The molecule has 1 heterocycles. The molecular formula is C22H20N2O4S. The molecule has 0 aliphatic carbocycles. The summed E-state index contributed by atoms with van der Waals surface area (Å²) in [5, 5.41) is 11.1. The molecule has 7 heteroatoms. The van der Waals surface area contributed by atoms with Gasteiger partial charge >= 0.3 is 0 Å². The molecule has 3 aromatic carbocycles. The van der Waals surface area contributed by atoms with Crippen LogP contribution in [-0.4, -0.2) is 14.3 Å². The first kappa shape index (κ1) is 19.2. The van der Waals surface area contributed by atoms with Crippen LogP contribution in [0.2, 0.25) is 0 Å². The molecule has 29 heavy (non-hydrogen) atoms. The highest BCUT2D eigenvalue weighted by molar-refractivity contribution is 7.89. The number of carbonyl (C=O) groups excluding carboxylic acids is 1. The summed E-state index contributed by atoms with van der Waals surface area (Å²) in [5.74, 6) is -0.149. The largest absolute Gasteiger partial charge is 0.464 e. The molecule has 0 radical (unpaired) electrons. The number of carbonyl (C=O) groups is 1. The fourth-order valence-electron chi connectivity index (χ4n) is 3.50. The molecule has 4 aromatic rings. The Morgan fingerprint density at radius 2 is 1.79 bits per heavy atom. The summed E-state index contributed by atoms with van der Waals surface area (Å²) in [6, 6.07) is 17.8. The molecule has 0 aliphatic heterocycles. The zero-order chi connectivity index (χ0) is 20.6. The lowest BCUT2D eigenvalue weighted by molar-refractivity contribution is -0.121. The van der Waals surface area contributed by atoms with Crippen LogP contribution < -0.4 is 10.5 Å². The highest BCUT2D eigenvalue weighted by atomic mass is 32.2. The molecule has 1 aromatic heterocycles. The van der Waals surface area contributed by atoms with E-state index in [1.54, 1.807) is 18.4 Å². The van der Waals surface area contributed by atoms with E-state index in [9.17, 15) is 13.2 Å². The summed E-state index contributed by atoms with van der Waals surface area (Å²) in [6.07, 6.45) is 1.81. The minimum Gasteiger partial charge on any atom is -0.464 e. The van der Waals surface area contributed by atoms with Gasteiger partial charge in [0.25, 0.3) is 0 Å². The van der Waals surface area contributed by atoms with Crippen LogP contribution in [-0.2, 0) is 21.2 Å². The number of hydrogen-bond donors (Lipinski definition) is 2. The Labute approximate surface area is 168 Å². The highest BCUT2D eigenvalue weighted by Gasteiger charge is 2.16. The molecule has 0 aliphatic rings. The molecule has 6 nitrogen and oxygen atoms in total. The Balaban J connectivity index is 1.53. The van der Waals surface area contributed by atoms with Gasteiger partial charge < -0.3 is 9.73 Å². The first-order valence-corrected chi connectivity index (χ1v) is 10.7. The molecule has 0 unspecified atom stereocenters. The molecular weight excluding hydrogens is 388 g/mol. The zero-order valence-corrected chi connectivity index (χ0v) is 16.6. The summed E-state index contributed by atoms with van der Waals surface area (Å²) in [6.45, 7) is 1.84. The van der Waals surface area contributed by atoms with Crippen LogP contribution in [0.25, 0.3) is 21.7 Å². The van der Waals surface area contributed by atoms with Crippen LogP contribution in [0.4, 0.5) is 0 Å². The van der Waals surface area contributed by atoms with Crippen LogP contribution in [0.3, 0.4) is 0 Å². The average molecular weight is 408 g/mol. The third-order valence-electron chi connectivity index (χ3n) is 4.98. The molecule has 4 rings (SSSR count). The van der Waals surface area contributed by atoms with Crippen molar-refractivity contribution in [1.82, 2.24) is 5.32 Å². The Morgan fingerprint density at radius 3 is 2.52 bits per heavy atom. The van der Waals surface area contributed by atoms with Crippen molar-refractivity contribution in [3.8, 4) is 0 Å². The third-order valence-corrected chi connectivity index (χ3v) is 5.91. The Kier molecular flexibility index (Phi) is 4.86. The lowest BCUT2D eigenvalue weighted by Crippen LogP contribution is -2.28. The van der Waals surface area contributed by atoms with Crippen LogP contribution in [0, 0.1) is 0 Å². The molecule has 0 spiro atoms. The van der Waals surface area contributed by atoms with Gasteiger partial charge in [-0.25, -0.2) is 13.6 Å². The number of nitrogens with one attached hydrogen (secondary N) is 1. The first-order valence-electron chi connectivity index (χ1n) is 9.13. The van der Waals surface area contributed by atoms with E-state index in [-0.39, 0.29) is 23.3 Å². The predicted molar refractivity (Wildman–Crippen MR) is 112 cm³/mol. The Morgan fingerprint density at radius 1 is 1.07 bits per heavy atom. The van der Waals surface area contributed by atoms with Gasteiger partial charge in [-0.15, -0.1) is 0 Å². The van der Waals surface area contributed by atoms with Gasteiger partial charge in [0.05, 0.1) is 23.6 Å². The van der Waals surface area contributed by atoms with Crippen molar-refractivity contribution in [3.05, 3.63) is 78.1 Å². The molecule has 0 fully saturated rings. The number of amides is 1. The van der Waals surface area contributed by atoms with E-state index in [1.807, 2.05) is 43.3 Å². The minimum atomic E-state index is -3.74. The summed E-state index contributed by atoms with van der Waals surface area (Å²) in [5.41, 5.74) is 2.36. The van der Waals surface area contributed by atoms with Gasteiger partial charge in [-0.05, 0) is 41.5 Å². The van der Waals surface area contributed by atoms with Crippen molar-refractivity contribution in [1.29, 1.82) is 0 Å². The van der Waals surface area contributed by atoms with E-state index in [0.29, 0.717) is 0 Å². The number of nitrogens with two attached hydrogens (primary N) is 1. The lowest BCUT2D eigenvalue weighted by Gasteiger charge is -2.14. The van der Waals surface area contributed by atoms with Gasteiger partial charge in [0.2, 0.25) is 15.9 Å². The van der Waals surface area contributed by atoms with Gasteiger partial charge in [0.1, 0.15) is 5.58 Å². The summed E-state index contributed by atoms with van der Waals surface area (Å²) in [7, 11) is -3.74. The summed E-state index contributed by atoms with van der Waals surface area (Å²) >= 11 is 0. The molecule has 1 amide bonds. The fraction of sp³-hybridized carbons (Fsp3) is 0.136.